The molecule has 88 valence electrons. The van der Waals surface area contributed by atoms with Gasteiger partial charge in [-0.05, 0) is 26.2 Å². The van der Waals surface area contributed by atoms with Crippen LogP contribution in [0, 0.1) is 0 Å². The molecular weight excluding hydrogens is 202 g/mol. The van der Waals surface area contributed by atoms with E-state index in [1.807, 2.05) is 44.4 Å². The molecule has 1 aromatic rings. The molecule has 0 saturated heterocycles. The van der Waals surface area contributed by atoms with Crippen molar-refractivity contribution in [1.29, 1.82) is 0 Å². The van der Waals surface area contributed by atoms with Crippen LogP contribution in [0.15, 0.2) is 36.4 Å². The third kappa shape index (κ3) is 4.84. The number of methoxy groups -OCH3 is 1. The molecule has 0 amide bonds. The van der Waals surface area contributed by atoms with Gasteiger partial charge in [-0.15, -0.1) is 0 Å². The van der Waals surface area contributed by atoms with E-state index in [2.05, 4.69) is 11.0 Å². The Bertz CT molecular complexity index is 334. The lowest BCUT2D eigenvalue weighted by Crippen LogP contribution is -2.10. The van der Waals surface area contributed by atoms with Crippen molar-refractivity contribution in [3.05, 3.63) is 36.4 Å². The highest BCUT2D eigenvalue weighted by Gasteiger charge is 1.94. The van der Waals surface area contributed by atoms with Gasteiger partial charge in [0.2, 0.25) is 0 Å². The minimum Gasteiger partial charge on any atom is -0.497 e. The van der Waals surface area contributed by atoms with Gasteiger partial charge < -0.3 is 14.4 Å². The van der Waals surface area contributed by atoms with Crippen molar-refractivity contribution in [3.8, 4) is 11.5 Å². The van der Waals surface area contributed by atoms with Crippen LogP contribution in [0.2, 0.25) is 0 Å². The fraction of sp³-hybridized carbons (Fsp3) is 0.385. The van der Waals surface area contributed by atoms with Crippen molar-refractivity contribution in [2.24, 2.45) is 0 Å². The first-order chi connectivity index (χ1) is 7.72. The molecule has 1 aromatic carbocycles. The summed E-state index contributed by atoms with van der Waals surface area (Å²) in [5, 5.41) is 0. The molecule has 0 radical (unpaired) electrons. The molecule has 0 aliphatic carbocycles. The third-order valence-corrected chi connectivity index (χ3v) is 2.02. The summed E-state index contributed by atoms with van der Waals surface area (Å²) in [5.41, 5.74) is 0. The van der Waals surface area contributed by atoms with Gasteiger partial charge in [-0.3, -0.25) is 0 Å². The first-order valence-electron chi connectivity index (χ1n) is 5.29. The zero-order valence-electron chi connectivity index (χ0n) is 10.1. The number of hydrogen-bond donors (Lipinski definition) is 0. The molecule has 0 atom stereocenters. The van der Waals surface area contributed by atoms with Crippen LogP contribution in [0.5, 0.6) is 11.5 Å². The number of benzene rings is 1. The van der Waals surface area contributed by atoms with E-state index >= 15 is 0 Å². The number of ether oxygens (including phenoxy) is 2. The highest BCUT2D eigenvalue weighted by Crippen LogP contribution is 2.18. The lowest BCUT2D eigenvalue weighted by molar-refractivity contribution is 0.355. The standard InChI is InChI=1S/C13H19NO2/c1-14(2)9-4-5-10-16-13-8-6-7-12(11-13)15-3/h4-8,11H,9-10H2,1-3H3/b5-4+. The normalized spacial score (nSPS) is 11.0. The summed E-state index contributed by atoms with van der Waals surface area (Å²) < 4.78 is 10.7. The van der Waals surface area contributed by atoms with Crippen LogP contribution in [-0.2, 0) is 0 Å². The van der Waals surface area contributed by atoms with Gasteiger partial charge in [0.25, 0.3) is 0 Å². The molecule has 3 nitrogen and oxygen atoms in total. The number of hydrogen-bond acceptors (Lipinski definition) is 3. The predicted molar refractivity (Wildman–Crippen MR) is 66.2 cm³/mol. The molecule has 0 heterocycles. The summed E-state index contributed by atoms with van der Waals surface area (Å²) in [7, 11) is 5.72. The SMILES string of the molecule is COc1cccc(OC/C=C/CN(C)C)c1. The lowest BCUT2D eigenvalue weighted by Gasteiger charge is -2.06. The Morgan fingerprint density at radius 1 is 1.19 bits per heavy atom. The fourth-order valence-corrected chi connectivity index (χ4v) is 1.19. The van der Waals surface area contributed by atoms with Gasteiger partial charge in [-0.2, -0.15) is 0 Å². The molecule has 0 saturated carbocycles. The lowest BCUT2D eigenvalue weighted by atomic mass is 10.3. The maximum absolute atomic E-state index is 5.54. The predicted octanol–water partition coefficient (Wildman–Crippen LogP) is 2.19. The van der Waals surface area contributed by atoms with Crippen LogP contribution in [0.25, 0.3) is 0 Å². The van der Waals surface area contributed by atoms with Crippen molar-refractivity contribution in [2.75, 3.05) is 34.4 Å². The average molecular weight is 221 g/mol. The minimum absolute atomic E-state index is 0.584. The molecule has 0 aromatic heterocycles. The third-order valence-electron chi connectivity index (χ3n) is 2.02. The molecular formula is C13H19NO2. The van der Waals surface area contributed by atoms with E-state index in [1.165, 1.54) is 0 Å². The molecule has 0 spiro atoms. The van der Waals surface area contributed by atoms with E-state index in [0.29, 0.717) is 6.61 Å². The second-order valence-electron chi connectivity index (χ2n) is 3.72. The Kier molecular flexibility index (Phi) is 5.43. The first-order valence-corrected chi connectivity index (χ1v) is 5.29. The molecule has 0 aliphatic rings. The van der Waals surface area contributed by atoms with Crippen molar-refractivity contribution in [3.63, 3.8) is 0 Å². The summed E-state index contributed by atoms with van der Waals surface area (Å²) in [6.07, 6.45) is 4.10. The van der Waals surface area contributed by atoms with E-state index in [9.17, 15) is 0 Å². The number of nitrogens with zero attached hydrogens (tertiary/aromatic N) is 1. The van der Waals surface area contributed by atoms with Crippen molar-refractivity contribution >= 4 is 0 Å². The minimum atomic E-state index is 0.584. The number of rotatable bonds is 6. The van der Waals surface area contributed by atoms with Gasteiger partial charge in [-0.25, -0.2) is 0 Å². The van der Waals surface area contributed by atoms with E-state index in [1.54, 1.807) is 7.11 Å². The Labute approximate surface area is 97.3 Å². The van der Waals surface area contributed by atoms with Gasteiger partial charge in [0.1, 0.15) is 18.1 Å². The van der Waals surface area contributed by atoms with Gasteiger partial charge in [-0.1, -0.05) is 18.2 Å². The molecule has 16 heavy (non-hydrogen) atoms. The molecule has 0 aliphatic heterocycles. The van der Waals surface area contributed by atoms with E-state index in [4.69, 9.17) is 9.47 Å². The van der Waals surface area contributed by atoms with Crippen LogP contribution in [0.4, 0.5) is 0 Å². The van der Waals surface area contributed by atoms with Crippen LogP contribution >= 0.6 is 0 Å². The van der Waals surface area contributed by atoms with Crippen LogP contribution in [0.1, 0.15) is 0 Å². The van der Waals surface area contributed by atoms with E-state index < -0.39 is 0 Å². The summed E-state index contributed by atoms with van der Waals surface area (Å²) >= 11 is 0. The summed E-state index contributed by atoms with van der Waals surface area (Å²) in [5.74, 6) is 1.64. The quantitative estimate of drug-likeness (QED) is 0.687. The van der Waals surface area contributed by atoms with Gasteiger partial charge in [0.05, 0.1) is 7.11 Å². The van der Waals surface area contributed by atoms with Crippen LogP contribution in [0.3, 0.4) is 0 Å². The largest absolute Gasteiger partial charge is 0.497 e. The Hall–Kier alpha value is -1.48. The van der Waals surface area contributed by atoms with Crippen LogP contribution < -0.4 is 9.47 Å². The smallest absolute Gasteiger partial charge is 0.123 e. The van der Waals surface area contributed by atoms with Crippen LogP contribution in [-0.4, -0.2) is 39.3 Å². The Morgan fingerprint density at radius 2 is 1.94 bits per heavy atom. The second-order valence-corrected chi connectivity index (χ2v) is 3.72. The number of likely N-dealkylation sites (N-methyl/N-ethyl adjacent to an activating group) is 1. The highest BCUT2D eigenvalue weighted by molar-refractivity contribution is 5.32. The molecule has 1 rings (SSSR count). The van der Waals surface area contributed by atoms with Gasteiger partial charge >= 0.3 is 0 Å². The molecule has 0 bridgehead atoms. The summed E-state index contributed by atoms with van der Waals surface area (Å²) in [4.78, 5) is 2.10. The first kappa shape index (κ1) is 12.6. The highest BCUT2D eigenvalue weighted by atomic mass is 16.5. The van der Waals surface area contributed by atoms with Gasteiger partial charge in [0.15, 0.2) is 0 Å². The van der Waals surface area contributed by atoms with Crippen molar-refractivity contribution in [1.82, 2.24) is 4.90 Å². The van der Waals surface area contributed by atoms with Crippen molar-refractivity contribution < 1.29 is 9.47 Å². The molecule has 0 N–H and O–H groups in total. The monoisotopic (exact) mass is 221 g/mol. The molecule has 3 heteroatoms. The zero-order chi connectivity index (χ0) is 11.8. The topological polar surface area (TPSA) is 21.7 Å². The summed E-state index contributed by atoms with van der Waals surface area (Å²) in [6.45, 7) is 1.52. The summed E-state index contributed by atoms with van der Waals surface area (Å²) in [6, 6.07) is 7.61. The van der Waals surface area contributed by atoms with E-state index in [-0.39, 0.29) is 0 Å². The maximum atomic E-state index is 5.54. The van der Waals surface area contributed by atoms with Crippen molar-refractivity contribution in [2.45, 2.75) is 0 Å². The zero-order valence-corrected chi connectivity index (χ0v) is 10.1. The second kappa shape index (κ2) is 6.90. The Morgan fingerprint density at radius 3 is 2.62 bits per heavy atom. The van der Waals surface area contributed by atoms with Gasteiger partial charge in [0, 0.05) is 12.6 Å². The van der Waals surface area contributed by atoms with E-state index in [0.717, 1.165) is 18.0 Å². The Balaban J connectivity index is 2.34. The fourth-order valence-electron chi connectivity index (χ4n) is 1.19. The average Bonchev–Trinajstić information content (AvgIpc) is 2.28. The molecule has 0 unspecified atom stereocenters. The molecule has 0 fully saturated rings. The maximum Gasteiger partial charge on any atom is 0.123 e.